The van der Waals surface area contributed by atoms with Crippen molar-refractivity contribution in [2.75, 3.05) is 12.0 Å². The van der Waals surface area contributed by atoms with E-state index in [1.165, 1.54) is 11.8 Å². The van der Waals surface area contributed by atoms with E-state index in [0.717, 1.165) is 4.68 Å². The van der Waals surface area contributed by atoms with Crippen molar-refractivity contribution in [3.8, 4) is 0 Å². The van der Waals surface area contributed by atoms with Gasteiger partial charge >= 0.3 is 5.97 Å². The van der Waals surface area contributed by atoms with Crippen molar-refractivity contribution in [2.24, 2.45) is 0 Å². The molecule has 1 heterocycles. The first kappa shape index (κ1) is 18.9. The molecule has 2 rings (SSSR count). The van der Waals surface area contributed by atoms with Crippen LogP contribution in [0, 0.1) is 0 Å². The molecule has 1 aromatic carbocycles. The number of hydrogen-bond donors (Lipinski definition) is 2. The molecule has 0 saturated heterocycles. The maximum Gasteiger partial charge on any atom is 0.326 e. The Hall–Kier alpha value is -2.42. The third-order valence-corrected chi connectivity index (χ3v) is 4.45. The van der Waals surface area contributed by atoms with Crippen LogP contribution in [0.2, 0.25) is 0 Å². The highest BCUT2D eigenvalue weighted by Gasteiger charge is 2.27. The first-order valence-electron chi connectivity index (χ1n) is 7.86. The summed E-state index contributed by atoms with van der Waals surface area (Å²) < 4.78 is 1.04. The molecular weight excluding hydrogens is 344 g/mol. The molecule has 2 atom stereocenters. The van der Waals surface area contributed by atoms with Gasteiger partial charge in [0, 0.05) is 0 Å². The van der Waals surface area contributed by atoms with Gasteiger partial charge in [-0.2, -0.15) is 16.4 Å². The topological polar surface area (TPSA) is 114 Å². The maximum atomic E-state index is 12.7. The number of hydrogen-bond acceptors (Lipinski definition) is 6. The number of carbonyl (C=O) groups excluding carboxylic acids is 1. The summed E-state index contributed by atoms with van der Waals surface area (Å²) in [5.41, 5.74) is 0.0278. The fraction of sp³-hybridized carbons (Fsp3) is 0.438. The molecule has 1 amide bonds. The van der Waals surface area contributed by atoms with Crippen molar-refractivity contribution in [3.05, 3.63) is 34.6 Å². The minimum atomic E-state index is -1.11. The van der Waals surface area contributed by atoms with E-state index in [1.54, 1.807) is 31.2 Å². The molecule has 0 unspecified atom stereocenters. The van der Waals surface area contributed by atoms with Gasteiger partial charge in [-0.3, -0.25) is 9.59 Å². The summed E-state index contributed by atoms with van der Waals surface area (Å²) in [6, 6.07) is 4.83. The SMILES string of the molecule is CC[C@@H](NC(=O)[C@H](CCSC)n1nnc2ccccc2c1=O)C(=O)O. The van der Waals surface area contributed by atoms with E-state index in [9.17, 15) is 14.4 Å². The number of carboxylic acids is 1. The van der Waals surface area contributed by atoms with Crippen molar-refractivity contribution in [2.45, 2.75) is 31.8 Å². The molecule has 0 aliphatic rings. The zero-order valence-corrected chi connectivity index (χ0v) is 14.8. The first-order valence-corrected chi connectivity index (χ1v) is 9.25. The van der Waals surface area contributed by atoms with E-state index >= 15 is 0 Å². The molecule has 9 heteroatoms. The average Bonchev–Trinajstić information content (AvgIpc) is 2.61. The summed E-state index contributed by atoms with van der Waals surface area (Å²) in [6.07, 6.45) is 2.47. The Morgan fingerprint density at radius 2 is 2.08 bits per heavy atom. The van der Waals surface area contributed by atoms with Gasteiger partial charge in [-0.05, 0) is 37.0 Å². The number of aliphatic carboxylic acids is 1. The lowest BCUT2D eigenvalue weighted by atomic mass is 10.1. The lowest BCUT2D eigenvalue weighted by Gasteiger charge is -2.20. The zero-order chi connectivity index (χ0) is 18.4. The maximum absolute atomic E-state index is 12.7. The number of nitrogens with one attached hydrogen (secondary N) is 1. The number of benzene rings is 1. The van der Waals surface area contributed by atoms with E-state index < -0.39 is 29.5 Å². The molecule has 2 N–H and O–H groups in total. The lowest BCUT2D eigenvalue weighted by molar-refractivity contribution is -0.142. The standard InChI is InChI=1S/C16H20N4O4S/c1-3-11(16(23)24)17-14(21)13(8-9-25-2)20-15(22)10-6-4-5-7-12(10)18-19-20/h4-7,11,13H,3,8-9H2,1-2H3,(H,17,21)(H,23,24)/t11-,13+/m1/s1. The predicted octanol–water partition coefficient (Wildman–Crippen LogP) is 1.07. The quantitative estimate of drug-likeness (QED) is 0.720. The minimum Gasteiger partial charge on any atom is -0.480 e. The smallest absolute Gasteiger partial charge is 0.326 e. The first-order chi connectivity index (χ1) is 12.0. The van der Waals surface area contributed by atoms with E-state index in [0.29, 0.717) is 23.1 Å². The van der Waals surface area contributed by atoms with Crippen LogP contribution in [0.5, 0.6) is 0 Å². The molecule has 0 radical (unpaired) electrons. The number of thioether (sulfide) groups is 1. The Bertz CT molecular complexity index is 823. The molecule has 0 aliphatic carbocycles. The number of amides is 1. The van der Waals surface area contributed by atoms with Crippen LogP contribution in [-0.4, -0.2) is 50.0 Å². The van der Waals surface area contributed by atoms with E-state index in [2.05, 4.69) is 15.6 Å². The minimum absolute atomic E-state index is 0.245. The Balaban J connectivity index is 2.40. The van der Waals surface area contributed by atoms with Gasteiger partial charge in [-0.1, -0.05) is 24.3 Å². The molecule has 8 nitrogen and oxygen atoms in total. The number of aromatic nitrogens is 3. The number of fused-ring (bicyclic) bond motifs is 1. The van der Waals surface area contributed by atoms with E-state index in [-0.39, 0.29) is 6.42 Å². The van der Waals surface area contributed by atoms with Crippen molar-refractivity contribution in [1.82, 2.24) is 20.3 Å². The van der Waals surface area contributed by atoms with Crippen molar-refractivity contribution in [3.63, 3.8) is 0 Å². The fourth-order valence-electron chi connectivity index (χ4n) is 2.41. The van der Waals surface area contributed by atoms with Crippen LogP contribution in [0.25, 0.3) is 10.9 Å². The zero-order valence-electron chi connectivity index (χ0n) is 14.0. The molecule has 0 fully saturated rings. The second kappa shape index (κ2) is 8.61. The van der Waals surface area contributed by atoms with Crippen molar-refractivity contribution < 1.29 is 14.7 Å². The third-order valence-electron chi connectivity index (χ3n) is 3.81. The number of carbonyl (C=O) groups is 2. The van der Waals surface area contributed by atoms with Gasteiger partial charge in [0.05, 0.1) is 5.39 Å². The Kier molecular flexibility index (Phi) is 6.51. The molecular formula is C16H20N4O4S. The van der Waals surface area contributed by atoms with Gasteiger partial charge in [0.15, 0.2) is 0 Å². The van der Waals surface area contributed by atoms with Gasteiger partial charge in [0.25, 0.3) is 5.56 Å². The van der Waals surface area contributed by atoms with E-state index in [4.69, 9.17) is 5.11 Å². The van der Waals surface area contributed by atoms with Crippen LogP contribution in [0.15, 0.2) is 29.1 Å². The molecule has 0 saturated carbocycles. The molecule has 25 heavy (non-hydrogen) atoms. The molecule has 0 aliphatic heterocycles. The van der Waals surface area contributed by atoms with Gasteiger partial charge in [0.1, 0.15) is 17.6 Å². The van der Waals surface area contributed by atoms with Crippen LogP contribution in [0.1, 0.15) is 25.8 Å². The molecule has 1 aromatic heterocycles. The number of rotatable bonds is 8. The number of carboxylic acid groups (broad SMARTS) is 1. The summed E-state index contributed by atoms with van der Waals surface area (Å²) in [5, 5.41) is 19.9. The van der Waals surface area contributed by atoms with Crippen molar-refractivity contribution >= 4 is 34.5 Å². The van der Waals surface area contributed by atoms with Gasteiger partial charge in [-0.15, -0.1) is 5.10 Å². The largest absolute Gasteiger partial charge is 0.480 e. The highest BCUT2D eigenvalue weighted by Crippen LogP contribution is 2.14. The Morgan fingerprint density at radius 1 is 1.36 bits per heavy atom. The van der Waals surface area contributed by atoms with Gasteiger partial charge in [0.2, 0.25) is 5.91 Å². The summed E-state index contributed by atoms with van der Waals surface area (Å²) in [7, 11) is 0. The molecule has 0 bridgehead atoms. The van der Waals surface area contributed by atoms with Gasteiger partial charge in [-0.25, -0.2) is 4.79 Å². The summed E-state index contributed by atoms with van der Waals surface area (Å²) >= 11 is 1.52. The van der Waals surface area contributed by atoms with Crippen LogP contribution >= 0.6 is 11.8 Å². The van der Waals surface area contributed by atoms with Crippen molar-refractivity contribution in [1.29, 1.82) is 0 Å². The monoisotopic (exact) mass is 364 g/mol. The highest BCUT2D eigenvalue weighted by molar-refractivity contribution is 7.98. The second-order valence-corrected chi connectivity index (χ2v) is 6.45. The average molecular weight is 364 g/mol. The fourth-order valence-corrected chi connectivity index (χ4v) is 2.87. The lowest BCUT2D eigenvalue weighted by Crippen LogP contribution is -2.46. The normalized spacial score (nSPS) is 13.4. The van der Waals surface area contributed by atoms with E-state index in [1.807, 2.05) is 6.26 Å². The van der Waals surface area contributed by atoms with Crippen LogP contribution in [0.3, 0.4) is 0 Å². The summed E-state index contributed by atoms with van der Waals surface area (Å²) in [5.74, 6) is -1.05. The van der Waals surface area contributed by atoms with Gasteiger partial charge < -0.3 is 10.4 Å². The number of nitrogens with zero attached hydrogens (tertiary/aromatic N) is 3. The predicted molar refractivity (Wildman–Crippen MR) is 95.7 cm³/mol. The Morgan fingerprint density at radius 3 is 2.72 bits per heavy atom. The second-order valence-electron chi connectivity index (χ2n) is 5.46. The summed E-state index contributed by atoms with van der Waals surface area (Å²) in [6.45, 7) is 1.66. The van der Waals surface area contributed by atoms with Crippen LogP contribution in [-0.2, 0) is 9.59 Å². The molecule has 134 valence electrons. The third kappa shape index (κ3) is 4.36. The molecule has 0 spiro atoms. The molecule has 2 aromatic rings. The summed E-state index contributed by atoms with van der Waals surface area (Å²) in [4.78, 5) is 36.5. The van der Waals surface area contributed by atoms with Crippen LogP contribution in [0.4, 0.5) is 0 Å². The highest BCUT2D eigenvalue weighted by atomic mass is 32.2. The van der Waals surface area contributed by atoms with Crippen LogP contribution < -0.4 is 10.9 Å². The Labute approximate surface area is 148 Å².